The molecule has 1 N–H and O–H groups in total. The molecule has 1 heterocycles. The molecule has 1 fully saturated rings. The number of unbranched alkanes of at least 4 members (excludes halogenated alkanes) is 1. The molecule has 0 aromatic rings. The Balaban J connectivity index is 4.14. The molecule has 22 heteroatoms. The zero-order valence-electron chi connectivity index (χ0n) is 16.7. The van der Waals surface area contributed by atoms with E-state index in [1.165, 1.54) is 6.92 Å². The molecule has 1 amide bonds. The topological polar surface area (TPSA) is 41.6 Å². The minimum absolute atomic E-state index is 0.118. The summed E-state index contributed by atoms with van der Waals surface area (Å²) in [5, 5.41) is 0.639. The fraction of sp³-hybridized carbons (Fsp3) is 0.929. The van der Waals surface area contributed by atoms with E-state index in [2.05, 4.69) is 0 Å². The van der Waals surface area contributed by atoms with Crippen LogP contribution in [0.4, 0.5) is 79.0 Å². The van der Waals surface area contributed by atoms with Gasteiger partial charge in [-0.25, -0.2) is 4.39 Å². The van der Waals surface area contributed by atoms with E-state index in [-0.39, 0.29) is 6.42 Å². The van der Waals surface area contributed by atoms with Crippen molar-refractivity contribution in [3.05, 3.63) is 0 Å². The molecule has 1 saturated heterocycles. The minimum atomic E-state index is -8.29. The third kappa shape index (κ3) is 4.10. The summed E-state index contributed by atoms with van der Waals surface area (Å²) < 4.78 is 247. The molecule has 0 aliphatic carbocycles. The van der Waals surface area contributed by atoms with Gasteiger partial charge in [-0.15, -0.1) is 4.90 Å². The van der Waals surface area contributed by atoms with Gasteiger partial charge in [0.2, 0.25) is 0 Å². The SMILES string of the molecule is CCCCNC(=O)C(F)(C(F)(F)F)C(F)(F)N1C(F)(F)C(F)(C(F)(F)F)OC(F)(C(F)(F)F)C1(F)F. The summed E-state index contributed by atoms with van der Waals surface area (Å²) in [6, 6.07) is -24.6. The van der Waals surface area contributed by atoms with E-state index in [9.17, 15) is 83.8 Å². The number of carbonyl (C=O) groups excluding carboxylic acids is 1. The lowest BCUT2D eigenvalue weighted by molar-refractivity contribution is -0.601. The van der Waals surface area contributed by atoms with Gasteiger partial charge >= 0.3 is 54.0 Å². The quantitative estimate of drug-likeness (QED) is 0.248. The van der Waals surface area contributed by atoms with Crippen LogP contribution in [-0.4, -0.2) is 71.4 Å². The van der Waals surface area contributed by atoms with Gasteiger partial charge in [0.1, 0.15) is 0 Å². The number of nitrogens with zero attached hydrogens (tertiary/aromatic N) is 1. The summed E-state index contributed by atoms with van der Waals surface area (Å²) in [6.07, 6.45) is -24.0. The van der Waals surface area contributed by atoms with Crippen LogP contribution in [0.15, 0.2) is 0 Å². The van der Waals surface area contributed by atoms with Crippen LogP contribution < -0.4 is 5.32 Å². The second-order valence-electron chi connectivity index (χ2n) is 7.01. The van der Waals surface area contributed by atoms with Crippen molar-refractivity contribution in [1.29, 1.82) is 0 Å². The first-order chi connectivity index (χ1) is 15.6. The first-order valence-corrected chi connectivity index (χ1v) is 8.75. The number of morpholine rings is 1. The zero-order valence-corrected chi connectivity index (χ0v) is 16.7. The van der Waals surface area contributed by atoms with E-state index in [0.29, 0.717) is 5.32 Å². The number of hydrogen-bond acceptors (Lipinski definition) is 3. The van der Waals surface area contributed by atoms with E-state index in [1.807, 2.05) is 0 Å². The van der Waals surface area contributed by atoms with Crippen molar-refractivity contribution in [2.75, 3.05) is 6.54 Å². The van der Waals surface area contributed by atoms with Gasteiger partial charge in [-0.1, -0.05) is 13.3 Å². The van der Waals surface area contributed by atoms with Gasteiger partial charge < -0.3 is 5.32 Å². The first-order valence-electron chi connectivity index (χ1n) is 8.75. The van der Waals surface area contributed by atoms with E-state index in [4.69, 9.17) is 0 Å². The van der Waals surface area contributed by atoms with Crippen LogP contribution in [0.5, 0.6) is 0 Å². The van der Waals surface area contributed by atoms with E-state index in [1.54, 1.807) is 4.74 Å². The van der Waals surface area contributed by atoms with E-state index < -0.39 is 77.8 Å². The van der Waals surface area contributed by atoms with Crippen molar-refractivity contribution in [2.24, 2.45) is 0 Å². The van der Waals surface area contributed by atoms with Gasteiger partial charge in [0.15, 0.2) is 0 Å². The fourth-order valence-corrected chi connectivity index (χ4v) is 2.68. The Labute approximate surface area is 186 Å². The smallest absolute Gasteiger partial charge is 0.353 e. The van der Waals surface area contributed by atoms with Crippen LogP contribution in [0, 0.1) is 0 Å². The first kappa shape index (κ1) is 32.2. The van der Waals surface area contributed by atoms with Crippen LogP contribution in [-0.2, 0) is 9.53 Å². The lowest BCUT2D eigenvalue weighted by Crippen LogP contribution is -2.87. The highest BCUT2D eigenvalue weighted by molar-refractivity contribution is 5.87. The van der Waals surface area contributed by atoms with Crippen LogP contribution in [0.2, 0.25) is 0 Å². The number of amides is 1. The molecule has 1 aliphatic heterocycles. The average molecular weight is 580 g/mol. The monoisotopic (exact) mass is 580 g/mol. The normalized spacial score (nSPS) is 29.5. The molecule has 0 spiro atoms. The molecule has 3 atom stereocenters. The molecule has 0 bridgehead atoms. The Bertz CT molecular complexity index is 799. The summed E-state index contributed by atoms with van der Waals surface area (Å²) in [7, 11) is 0. The van der Waals surface area contributed by atoms with Crippen molar-refractivity contribution in [1.82, 2.24) is 10.2 Å². The third-order valence-electron chi connectivity index (χ3n) is 4.56. The number of nitrogens with one attached hydrogen (secondary N) is 1. The number of hydrogen-bond donors (Lipinski definition) is 1. The summed E-state index contributed by atoms with van der Waals surface area (Å²) in [5.74, 6) is -19.7. The minimum Gasteiger partial charge on any atom is -0.353 e. The van der Waals surface area contributed by atoms with Gasteiger partial charge in [0.05, 0.1) is 0 Å². The number of carbonyl (C=O) groups is 1. The van der Waals surface area contributed by atoms with Gasteiger partial charge in [0.25, 0.3) is 5.91 Å². The highest BCUT2D eigenvalue weighted by Gasteiger charge is 2.98. The zero-order chi connectivity index (χ0) is 29.2. The molecule has 214 valence electrons. The van der Waals surface area contributed by atoms with Crippen LogP contribution >= 0.6 is 0 Å². The van der Waals surface area contributed by atoms with Crippen molar-refractivity contribution in [3.63, 3.8) is 0 Å². The van der Waals surface area contributed by atoms with Crippen LogP contribution in [0.3, 0.4) is 0 Å². The molecular weight excluding hydrogens is 570 g/mol. The van der Waals surface area contributed by atoms with Gasteiger partial charge in [-0.2, -0.15) is 74.6 Å². The average Bonchev–Trinajstić information content (AvgIpc) is 2.62. The summed E-state index contributed by atoms with van der Waals surface area (Å²) in [5.41, 5.74) is -7.54. The molecule has 3 unspecified atom stereocenters. The standard InChI is InChI=1S/C14H10F18N2O2/c1-2-3-4-33-5(35)6(15,9(18,19)20)12(27,28)34-13(29,30)7(16,10(21,22)23)36-8(17,11(24,25)26)14(34,31)32/h2-4H2,1H3,(H,33,35). The molecule has 0 saturated carbocycles. The Kier molecular flexibility index (Phi) is 7.67. The van der Waals surface area contributed by atoms with E-state index >= 15 is 0 Å². The summed E-state index contributed by atoms with van der Waals surface area (Å²) in [6.45, 7) is -0.0355. The predicted octanol–water partition coefficient (Wildman–Crippen LogP) is 5.74. The molecule has 0 radical (unpaired) electrons. The Morgan fingerprint density at radius 3 is 1.39 bits per heavy atom. The molecule has 1 aliphatic rings. The second kappa shape index (κ2) is 8.58. The maximum Gasteiger partial charge on any atom is 0.456 e. The van der Waals surface area contributed by atoms with Crippen molar-refractivity contribution >= 4 is 5.91 Å². The lowest BCUT2D eigenvalue weighted by atomic mass is 9.95. The second-order valence-corrected chi connectivity index (χ2v) is 7.01. The number of alkyl halides is 18. The predicted molar refractivity (Wildman–Crippen MR) is 75.4 cm³/mol. The number of ether oxygens (including phenoxy) is 1. The Morgan fingerprint density at radius 1 is 0.750 bits per heavy atom. The lowest BCUT2D eigenvalue weighted by Gasteiger charge is -2.55. The maximum atomic E-state index is 14.6. The van der Waals surface area contributed by atoms with Gasteiger partial charge in [-0.05, 0) is 6.42 Å². The van der Waals surface area contributed by atoms with Gasteiger partial charge in [0, 0.05) is 6.54 Å². The van der Waals surface area contributed by atoms with Crippen LogP contribution in [0.1, 0.15) is 19.8 Å². The summed E-state index contributed by atoms with van der Waals surface area (Å²) in [4.78, 5) is 6.96. The van der Waals surface area contributed by atoms with Crippen molar-refractivity contribution in [2.45, 2.75) is 73.8 Å². The molecule has 0 aromatic heterocycles. The van der Waals surface area contributed by atoms with Gasteiger partial charge in [-0.3, -0.25) is 9.53 Å². The summed E-state index contributed by atoms with van der Waals surface area (Å²) >= 11 is 0. The van der Waals surface area contributed by atoms with Crippen molar-refractivity contribution in [3.8, 4) is 0 Å². The molecule has 4 nitrogen and oxygen atoms in total. The number of halogens is 18. The highest BCUT2D eigenvalue weighted by atomic mass is 19.4. The Morgan fingerprint density at radius 2 is 1.11 bits per heavy atom. The molecular formula is C14H10F18N2O2. The molecule has 36 heavy (non-hydrogen) atoms. The third-order valence-corrected chi connectivity index (χ3v) is 4.56. The fourth-order valence-electron chi connectivity index (χ4n) is 2.68. The highest BCUT2D eigenvalue weighted by Crippen LogP contribution is 2.66. The van der Waals surface area contributed by atoms with Crippen LogP contribution in [0.25, 0.3) is 0 Å². The Hall–Kier alpha value is -1.87. The maximum absolute atomic E-state index is 14.6. The molecule has 1 rings (SSSR count). The number of rotatable bonds is 6. The van der Waals surface area contributed by atoms with E-state index in [0.717, 1.165) is 0 Å². The molecule has 0 aromatic carbocycles. The van der Waals surface area contributed by atoms with Crippen molar-refractivity contribution < 1.29 is 88.6 Å². The largest absolute Gasteiger partial charge is 0.456 e.